The van der Waals surface area contributed by atoms with Gasteiger partial charge in [0.15, 0.2) is 0 Å². The highest BCUT2D eigenvalue weighted by molar-refractivity contribution is 5.66. The van der Waals surface area contributed by atoms with Gasteiger partial charge in [-0.2, -0.15) is 0 Å². The molecule has 0 saturated heterocycles. The number of aliphatic carboxylic acids is 1. The number of carbonyl (C=O) groups is 1. The van der Waals surface area contributed by atoms with E-state index >= 15 is 0 Å². The van der Waals surface area contributed by atoms with Crippen molar-refractivity contribution < 1.29 is 9.90 Å². The molecule has 1 aromatic heterocycles. The number of carboxylic acids is 1. The molecule has 1 heterocycles. The summed E-state index contributed by atoms with van der Waals surface area (Å²) in [6, 6.07) is 0. The molecule has 88 valence electrons. The van der Waals surface area contributed by atoms with Gasteiger partial charge >= 0.3 is 5.97 Å². The second-order valence-electron chi connectivity index (χ2n) is 3.27. The van der Waals surface area contributed by atoms with Gasteiger partial charge in [0.2, 0.25) is 5.95 Å². The zero-order valence-electron chi connectivity index (χ0n) is 9.23. The van der Waals surface area contributed by atoms with Crippen LogP contribution in [0.4, 0.5) is 5.95 Å². The Kier molecular flexibility index (Phi) is 5.21. The summed E-state index contributed by atoms with van der Waals surface area (Å²) in [5.41, 5.74) is 0.937. The van der Waals surface area contributed by atoms with Gasteiger partial charge in [0.1, 0.15) is 0 Å². The summed E-state index contributed by atoms with van der Waals surface area (Å²) in [5, 5.41) is 14.4. The summed E-state index contributed by atoms with van der Waals surface area (Å²) in [6.07, 6.45) is 3.56. The second kappa shape index (κ2) is 6.73. The minimum atomic E-state index is -0.800. The Hall–Kier alpha value is -1.69. The molecule has 16 heavy (non-hydrogen) atoms. The van der Waals surface area contributed by atoms with Crippen LogP contribution in [0.1, 0.15) is 18.9 Å². The average molecular weight is 224 g/mol. The summed E-state index contributed by atoms with van der Waals surface area (Å²) in [5.74, 6) is -0.192. The predicted octanol–water partition coefficient (Wildman–Crippen LogP) is 0.473. The number of anilines is 1. The molecule has 0 amide bonds. The molecule has 6 nitrogen and oxygen atoms in total. The van der Waals surface area contributed by atoms with E-state index in [-0.39, 0.29) is 6.42 Å². The van der Waals surface area contributed by atoms with E-state index in [0.29, 0.717) is 19.0 Å². The molecule has 0 atom stereocenters. The molecule has 0 aliphatic rings. The predicted molar refractivity (Wildman–Crippen MR) is 60.2 cm³/mol. The van der Waals surface area contributed by atoms with Crippen LogP contribution >= 0.6 is 0 Å². The minimum absolute atomic E-state index is 0.121. The number of hydrogen-bond donors (Lipinski definition) is 3. The lowest BCUT2D eigenvalue weighted by Crippen LogP contribution is -2.18. The molecule has 0 aliphatic carbocycles. The van der Waals surface area contributed by atoms with Crippen LogP contribution < -0.4 is 10.6 Å². The molecule has 0 aromatic carbocycles. The fourth-order valence-electron chi connectivity index (χ4n) is 1.12. The van der Waals surface area contributed by atoms with Gasteiger partial charge in [0.05, 0.1) is 6.42 Å². The van der Waals surface area contributed by atoms with Crippen molar-refractivity contribution in [3.63, 3.8) is 0 Å². The molecule has 0 aliphatic heterocycles. The molecule has 3 N–H and O–H groups in total. The van der Waals surface area contributed by atoms with Crippen molar-refractivity contribution in [2.45, 2.75) is 19.9 Å². The van der Waals surface area contributed by atoms with Crippen LogP contribution in [0.5, 0.6) is 0 Å². The van der Waals surface area contributed by atoms with Gasteiger partial charge in [-0.05, 0) is 6.92 Å². The minimum Gasteiger partial charge on any atom is -0.481 e. The quantitative estimate of drug-likeness (QED) is 0.584. The number of aromatic nitrogens is 2. The Balaban J connectivity index is 2.29. The fraction of sp³-hybridized carbons (Fsp3) is 0.500. The lowest BCUT2D eigenvalue weighted by molar-refractivity contribution is -0.136. The third-order valence-corrected chi connectivity index (χ3v) is 1.88. The van der Waals surface area contributed by atoms with E-state index in [1.807, 2.05) is 6.92 Å². The molecule has 0 bridgehead atoms. The van der Waals surface area contributed by atoms with Gasteiger partial charge in [0.25, 0.3) is 0 Å². The van der Waals surface area contributed by atoms with Gasteiger partial charge < -0.3 is 15.7 Å². The van der Waals surface area contributed by atoms with Crippen LogP contribution in [0.3, 0.4) is 0 Å². The van der Waals surface area contributed by atoms with Crippen LogP contribution in [0.2, 0.25) is 0 Å². The van der Waals surface area contributed by atoms with Gasteiger partial charge in [-0.15, -0.1) is 0 Å². The first-order chi connectivity index (χ1) is 7.72. The Morgan fingerprint density at radius 1 is 1.44 bits per heavy atom. The molecule has 0 fully saturated rings. The van der Waals surface area contributed by atoms with E-state index in [1.54, 1.807) is 12.4 Å². The van der Waals surface area contributed by atoms with Crippen molar-refractivity contribution in [3.8, 4) is 0 Å². The lowest BCUT2D eigenvalue weighted by Gasteiger charge is -2.04. The first-order valence-electron chi connectivity index (χ1n) is 5.19. The number of nitrogens with zero attached hydrogens (tertiary/aromatic N) is 2. The largest absolute Gasteiger partial charge is 0.481 e. The third-order valence-electron chi connectivity index (χ3n) is 1.88. The number of rotatable bonds is 7. The standard InChI is InChI=1S/C10H16N4O2/c1-2-12-10-13-6-8(7-14-10)5-11-4-3-9(15)16/h6-7,11H,2-5H2,1H3,(H,15,16)(H,12,13,14). The first-order valence-corrected chi connectivity index (χ1v) is 5.19. The van der Waals surface area contributed by atoms with Crippen LogP contribution in [0.25, 0.3) is 0 Å². The lowest BCUT2D eigenvalue weighted by atomic mass is 10.3. The normalized spacial score (nSPS) is 10.1. The van der Waals surface area contributed by atoms with Crippen molar-refractivity contribution in [1.82, 2.24) is 15.3 Å². The number of carboxylic acid groups (broad SMARTS) is 1. The van der Waals surface area contributed by atoms with E-state index in [4.69, 9.17) is 5.11 Å². The van der Waals surface area contributed by atoms with Crippen molar-refractivity contribution in [2.75, 3.05) is 18.4 Å². The van der Waals surface area contributed by atoms with Gasteiger partial charge in [0, 0.05) is 37.6 Å². The smallest absolute Gasteiger partial charge is 0.304 e. The summed E-state index contributed by atoms with van der Waals surface area (Å²) in [4.78, 5) is 18.5. The zero-order chi connectivity index (χ0) is 11.8. The van der Waals surface area contributed by atoms with Gasteiger partial charge in [-0.1, -0.05) is 0 Å². The Morgan fingerprint density at radius 2 is 2.12 bits per heavy atom. The third kappa shape index (κ3) is 4.70. The van der Waals surface area contributed by atoms with Gasteiger partial charge in [-0.3, -0.25) is 4.79 Å². The van der Waals surface area contributed by atoms with Crippen molar-refractivity contribution in [3.05, 3.63) is 18.0 Å². The molecule has 1 aromatic rings. The molecule has 6 heteroatoms. The zero-order valence-corrected chi connectivity index (χ0v) is 9.23. The maximum absolute atomic E-state index is 10.3. The van der Waals surface area contributed by atoms with E-state index in [1.165, 1.54) is 0 Å². The van der Waals surface area contributed by atoms with Crippen LogP contribution in [-0.4, -0.2) is 34.1 Å². The Morgan fingerprint density at radius 3 is 2.69 bits per heavy atom. The van der Waals surface area contributed by atoms with Crippen molar-refractivity contribution in [1.29, 1.82) is 0 Å². The topological polar surface area (TPSA) is 87.1 Å². The summed E-state index contributed by atoms with van der Waals surface area (Å²) in [7, 11) is 0. The summed E-state index contributed by atoms with van der Waals surface area (Å²) >= 11 is 0. The molecule has 0 saturated carbocycles. The van der Waals surface area contributed by atoms with Gasteiger partial charge in [-0.25, -0.2) is 9.97 Å². The van der Waals surface area contributed by atoms with Crippen LogP contribution in [0.15, 0.2) is 12.4 Å². The monoisotopic (exact) mass is 224 g/mol. The van der Waals surface area contributed by atoms with E-state index < -0.39 is 5.97 Å². The van der Waals surface area contributed by atoms with Crippen molar-refractivity contribution >= 4 is 11.9 Å². The van der Waals surface area contributed by atoms with E-state index in [9.17, 15) is 4.79 Å². The van der Waals surface area contributed by atoms with Crippen molar-refractivity contribution in [2.24, 2.45) is 0 Å². The fourth-order valence-corrected chi connectivity index (χ4v) is 1.12. The average Bonchev–Trinajstić information content (AvgIpc) is 2.27. The maximum Gasteiger partial charge on any atom is 0.304 e. The second-order valence-corrected chi connectivity index (χ2v) is 3.27. The summed E-state index contributed by atoms with van der Waals surface area (Å²) < 4.78 is 0. The molecular formula is C10H16N4O2. The molecular weight excluding hydrogens is 208 g/mol. The molecule has 1 rings (SSSR count). The van der Waals surface area contributed by atoms with Crippen LogP contribution in [-0.2, 0) is 11.3 Å². The van der Waals surface area contributed by atoms with E-state index in [2.05, 4.69) is 20.6 Å². The van der Waals surface area contributed by atoms with E-state index in [0.717, 1.165) is 12.1 Å². The van der Waals surface area contributed by atoms with Crippen LogP contribution in [0, 0.1) is 0 Å². The maximum atomic E-state index is 10.3. The highest BCUT2D eigenvalue weighted by Gasteiger charge is 1.98. The summed E-state index contributed by atoms with van der Waals surface area (Å²) in [6.45, 7) is 3.80. The molecule has 0 radical (unpaired) electrons. The number of nitrogens with one attached hydrogen (secondary N) is 2. The Bertz CT molecular complexity index is 326. The molecule has 0 spiro atoms. The molecule has 0 unspecified atom stereocenters. The number of hydrogen-bond acceptors (Lipinski definition) is 5. The SMILES string of the molecule is CCNc1ncc(CNCCC(=O)O)cn1. The highest BCUT2D eigenvalue weighted by Crippen LogP contribution is 1.99. The Labute approximate surface area is 94.1 Å². The highest BCUT2D eigenvalue weighted by atomic mass is 16.4. The first kappa shape index (κ1) is 12.4.